The molecule has 0 atom stereocenters. The van der Waals surface area contributed by atoms with Gasteiger partial charge in [0.2, 0.25) is 0 Å². The fourth-order valence-electron chi connectivity index (χ4n) is 3.53. The maximum atomic E-state index is 13.5. The highest BCUT2D eigenvalue weighted by Crippen LogP contribution is 2.38. The Labute approximate surface area is 207 Å². The number of ether oxygens (including phenoxy) is 1. The molecule has 4 aromatic rings. The first-order valence-corrected chi connectivity index (χ1v) is 11.8. The molecule has 0 aliphatic carbocycles. The van der Waals surface area contributed by atoms with Gasteiger partial charge >= 0.3 is 5.97 Å². The van der Waals surface area contributed by atoms with E-state index in [2.05, 4.69) is 0 Å². The van der Waals surface area contributed by atoms with E-state index < -0.39 is 5.97 Å². The Morgan fingerprint density at radius 2 is 1.37 bits per heavy atom. The van der Waals surface area contributed by atoms with Gasteiger partial charge in [-0.2, -0.15) is 0 Å². The lowest BCUT2D eigenvalue weighted by Crippen LogP contribution is -2.28. The zero-order chi connectivity index (χ0) is 24.0. The molecule has 1 heterocycles. The van der Waals surface area contributed by atoms with Crippen molar-refractivity contribution in [3.63, 3.8) is 0 Å². The average molecular weight is 477 g/mol. The molecule has 0 spiro atoms. The van der Waals surface area contributed by atoms with Crippen LogP contribution in [0.15, 0.2) is 125 Å². The van der Waals surface area contributed by atoms with Gasteiger partial charge in [0.05, 0.1) is 21.8 Å². The number of aliphatic imine (C=N–C) groups is 1. The van der Waals surface area contributed by atoms with Gasteiger partial charge in [0.25, 0.3) is 5.91 Å². The molecule has 1 saturated heterocycles. The van der Waals surface area contributed by atoms with Crippen molar-refractivity contribution in [2.24, 2.45) is 4.99 Å². The van der Waals surface area contributed by atoms with Crippen LogP contribution in [0.1, 0.15) is 15.9 Å². The maximum absolute atomic E-state index is 13.5. The van der Waals surface area contributed by atoms with Gasteiger partial charge < -0.3 is 4.74 Å². The van der Waals surface area contributed by atoms with Crippen LogP contribution in [0.4, 0.5) is 11.4 Å². The van der Waals surface area contributed by atoms with Gasteiger partial charge in [-0.1, -0.05) is 72.8 Å². The van der Waals surface area contributed by atoms with Crippen molar-refractivity contribution in [1.82, 2.24) is 0 Å². The second-order valence-corrected chi connectivity index (χ2v) is 8.62. The summed E-state index contributed by atoms with van der Waals surface area (Å²) < 4.78 is 5.66. The van der Waals surface area contributed by atoms with Gasteiger partial charge in [0, 0.05) is 5.56 Å². The van der Waals surface area contributed by atoms with E-state index in [-0.39, 0.29) is 5.91 Å². The van der Waals surface area contributed by atoms with Crippen LogP contribution in [-0.2, 0) is 4.79 Å². The largest absolute Gasteiger partial charge is 0.422 e. The summed E-state index contributed by atoms with van der Waals surface area (Å²) in [5, 5.41) is 0.553. The molecule has 0 aromatic heterocycles. The molecule has 170 valence electrons. The lowest BCUT2D eigenvalue weighted by molar-refractivity contribution is -0.113. The third-order valence-electron chi connectivity index (χ3n) is 5.22. The number of esters is 1. The summed E-state index contributed by atoms with van der Waals surface area (Å²) in [5.74, 6) is -0.277. The highest BCUT2D eigenvalue weighted by Gasteiger charge is 2.35. The van der Waals surface area contributed by atoms with Crippen molar-refractivity contribution in [3.05, 3.63) is 131 Å². The monoisotopic (exact) mass is 476 g/mol. The molecule has 1 aliphatic heterocycles. The first-order valence-electron chi connectivity index (χ1n) is 11.0. The van der Waals surface area contributed by atoms with E-state index in [1.165, 1.54) is 11.8 Å². The summed E-state index contributed by atoms with van der Waals surface area (Å²) in [7, 11) is 0. The minimum Gasteiger partial charge on any atom is -0.422 e. The Hall–Kier alpha value is -4.42. The van der Waals surface area contributed by atoms with Crippen LogP contribution in [0.25, 0.3) is 6.08 Å². The van der Waals surface area contributed by atoms with Crippen molar-refractivity contribution in [2.45, 2.75) is 0 Å². The van der Waals surface area contributed by atoms with Gasteiger partial charge in [0.15, 0.2) is 5.17 Å². The number of para-hydroxylation sites is 3. The summed E-state index contributed by atoms with van der Waals surface area (Å²) in [5.41, 5.74) is 2.56. The van der Waals surface area contributed by atoms with Crippen molar-refractivity contribution in [2.75, 3.05) is 4.90 Å². The maximum Gasteiger partial charge on any atom is 0.343 e. The average Bonchev–Trinajstić information content (AvgIpc) is 3.20. The Kier molecular flexibility index (Phi) is 6.55. The minimum atomic E-state index is -0.459. The number of hydrogen-bond acceptors (Lipinski definition) is 5. The highest BCUT2D eigenvalue weighted by molar-refractivity contribution is 8.19. The molecule has 0 bridgehead atoms. The van der Waals surface area contributed by atoms with Crippen molar-refractivity contribution in [1.29, 1.82) is 0 Å². The Bertz CT molecular complexity index is 1420. The number of rotatable bonds is 5. The SMILES string of the molecule is O=C(Oc1ccccc1/C=C1\SC(=Nc2ccccc2)N(c2ccccc2)C1=O)c1ccccc1. The Balaban J connectivity index is 1.50. The molecule has 35 heavy (non-hydrogen) atoms. The first-order chi connectivity index (χ1) is 17.2. The van der Waals surface area contributed by atoms with E-state index in [0.717, 1.165) is 11.4 Å². The van der Waals surface area contributed by atoms with Crippen LogP contribution in [0.3, 0.4) is 0 Å². The summed E-state index contributed by atoms with van der Waals surface area (Å²) >= 11 is 1.28. The van der Waals surface area contributed by atoms with E-state index in [1.54, 1.807) is 47.4 Å². The molecular weight excluding hydrogens is 456 g/mol. The summed E-state index contributed by atoms with van der Waals surface area (Å²) in [6, 6.07) is 34.9. The standard InChI is InChI=1S/C29H20N2O3S/c32-27-26(20-22-14-10-11-19-25(22)34-28(33)21-12-4-1-5-13-21)35-29(30-23-15-6-2-7-16-23)31(27)24-17-8-3-9-18-24/h1-20H/b26-20-,30-29?. The van der Waals surface area contributed by atoms with Crippen molar-refractivity contribution in [3.8, 4) is 5.75 Å². The number of benzene rings is 4. The highest BCUT2D eigenvalue weighted by atomic mass is 32.2. The number of anilines is 1. The molecule has 5 nitrogen and oxygen atoms in total. The van der Waals surface area contributed by atoms with E-state index in [1.807, 2.05) is 78.9 Å². The van der Waals surface area contributed by atoms with E-state index in [4.69, 9.17) is 9.73 Å². The Morgan fingerprint density at radius 1 is 0.771 bits per heavy atom. The van der Waals surface area contributed by atoms with Crippen LogP contribution in [0, 0.1) is 0 Å². The summed E-state index contributed by atoms with van der Waals surface area (Å²) in [4.78, 5) is 32.9. The molecule has 4 aromatic carbocycles. The number of carbonyl (C=O) groups excluding carboxylic acids is 2. The van der Waals surface area contributed by atoms with Crippen LogP contribution in [0.2, 0.25) is 0 Å². The van der Waals surface area contributed by atoms with Gasteiger partial charge in [-0.3, -0.25) is 9.69 Å². The zero-order valence-electron chi connectivity index (χ0n) is 18.6. The van der Waals surface area contributed by atoms with Crippen LogP contribution in [-0.4, -0.2) is 17.0 Å². The lowest BCUT2D eigenvalue weighted by atomic mass is 10.1. The summed E-state index contributed by atoms with van der Waals surface area (Å²) in [6.45, 7) is 0. The molecule has 1 fully saturated rings. The number of carbonyl (C=O) groups is 2. The predicted molar refractivity (Wildman–Crippen MR) is 141 cm³/mol. The van der Waals surface area contributed by atoms with E-state index in [9.17, 15) is 9.59 Å². The van der Waals surface area contributed by atoms with Crippen LogP contribution >= 0.6 is 11.8 Å². The molecule has 1 aliphatic rings. The second-order valence-electron chi connectivity index (χ2n) is 7.61. The second kappa shape index (κ2) is 10.2. The first kappa shape index (κ1) is 22.4. The number of amides is 1. The van der Waals surface area contributed by atoms with Gasteiger partial charge in [-0.25, -0.2) is 9.79 Å². The molecule has 0 unspecified atom stereocenters. The number of hydrogen-bond donors (Lipinski definition) is 0. The predicted octanol–water partition coefficient (Wildman–Crippen LogP) is 6.71. The van der Waals surface area contributed by atoms with Gasteiger partial charge in [-0.15, -0.1) is 0 Å². The Morgan fingerprint density at radius 3 is 2.09 bits per heavy atom. The smallest absolute Gasteiger partial charge is 0.343 e. The van der Waals surface area contributed by atoms with Crippen molar-refractivity contribution >= 4 is 46.3 Å². The van der Waals surface area contributed by atoms with Gasteiger partial charge in [0.1, 0.15) is 5.75 Å². The van der Waals surface area contributed by atoms with Gasteiger partial charge in [-0.05, 0) is 60.3 Å². The van der Waals surface area contributed by atoms with Crippen molar-refractivity contribution < 1.29 is 14.3 Å². The number of amidine groups is 1. The zero-order valence-corrected chi connectivity index (χ0v) is 19.4. The lowest BCUT2D eigenvalue weighted by Gasteiger charge is -2.15. The molecular formula is C29H20N2O3S. The molecule has 0 N–H and O–H groups in total. The fraction of sp³-hybridized carbons (Fsp3) is 0. The summed E-state index contributed by atoms with van der Waals surface area (Å²) in [6.07, 6.45) is 1.74. The molecule has 6 heteroatoms. The van der Waals surface area contributed by atoms with E-state index >= 15 is 0 Å². The number of nitrogens with zero attached hydrogens (tertiary/aromatic N) is 2. The molecule has 5 rings (SSSR count). The number of thioether (sulfide) groups is 1. The molecule has 0 saturated carbocycles. The quantitative estimate of drug-likeness (QED) is 0.182. The third-order valence-corrected chi connectivity index (χ3v) is 6.19. The van der Waals surface area contributed by atoms with Crippen LogP contribution < -0.4 is 9.64 Å². The molecule has 1 amide bonds. The topological polar surface area (TPSA) is 59.0 Å². The molecule has 0 radical (unpaired) electrons. The fourth-order valence-corrected chi connectivity index (χ4v) is 4.53. The normalized spacial score (nSPS) is 15.5. The van der Waals surface area contributed by atoms with Crippen LogP contribution in [0.5, 0.6) is 5.75 Å². The minimum absolute atomic E-state index is 0.194. The van der Waals surface area contributed by atoms with E-state index in [0.29, 0.717) is 26.9 Å². The third kappa shape index (κ3) is 5.08.